The van der Waals surface area contributed by atoms with Gasteiger partial charge in [0.05, 0.1) is 4.90 Å². The molecule has 0 unspecified atom stereocenters. The Balaban J connectivity index is 2.62. The summed E-state index contributed by atoms with van der Waals surface area (Å²) < 4.78 is 63.5. The lowest BCUT2D eigenvalue weighted by Gasteiger charge is -2.15. The van der Waals surface area contributed by atoms with Crippen molar-refractivity contribution in [1.82, 2.24) is 5.32 Å². The molecule has 0 bridgehead atoms. The highest BCUT2D eigenvalue weighted by Gasteiger charge is 2.29. The van der Waals surface area contributed by atoms with Crippen LogP contribution in [-0.2, 0) is 14.6 Å². The maximum atomic E-state index is 12.0. The lowest BCUT2D eigenvalue weighted by molar-refractivity contribution is -0.142. The van der Waals surface area contributed by atoms with Crippen LogP contribution in [0.15, 0.2) is 29.2 Å². The van der Waals surface area contributed by atoms with Crippen LogP contribution < -0.4 is 10.1 Å². The van der Waals surface area contributed by atoms with Crippen LogP contribution >= 0.6 is 0 Å². The van der Waals surface area contributed by atoms with Crippen molar-refractivity contribution in [3.05, 3.63) is 24.3 Å². The lowest BCUT2D eigenvalue weighted by atomic mass is 10.3. The molecule has 21 heavy (non-hydrogen) atoms. The molecule has 1 amide bonds. The summed E-state index contributed by atoms with van der Waals surface area (Å²) in [7, 11) is -3.35. The minimum atomic E-state index is -4.49. The van der Waals surface area contributed by atoms with E-state index in [1.807, 2.05) is 0 Å². The summed E-state index contributed by atoms with van der Waals surface area (Å²) in [5.74, 6) is -0.739. The van der Waals surface area contributed by atoms with E-state index in [1.165, 1.54) is 31.2 Å². The second kappa shape index (κ2) is 6.33. The fraction of sp³-hybridized carbons (Fsp3) is 0.417. The molecule has 0 spiro atoms. The largest absolute Gasteiger partial charge is 0.481 e. The summed E-state index contributed by atoms with van der Waals surface area (Å²) in [5, 5.41) is 1.69. The molecule has 118 valence electrons. The third-order valence-electron chi connectivity index (χ3n) is 2.40. The fourth-order valence-corrected chi connectivity index (χ4v) is 1.98. The molecular formula is C12H14F3NO4S. The number of hydrogen-bond acceptors (Lipinski definition) is 4. The summed E-state index contributed by atoms with van der Waals surface area (Å²) >= 11 is 0. The van der Waals surface area contributed by atoms with E-state index in [4.69, 9.17) is 4.74 Å². The van der Waals surface area contributed by atoms with Gasteiger partial charge in [-0.15, -0.1) is 0 Å². The number of rotatable bonds is 5. The predicted molar refractivity (Wildman–Crippen MR) is 68.7 cm³/mol. The van der Waals surface area contributed by atoms with Crippen LogP contribution in [0.2, 0.25) is 0 Å². The van der Waals surface area contributed by atoms with Crippen LogP contribution in [-0.4, -0.2) is 39.4 Å². The van der Waals surface area contributed by atoms with E-state index in [0.29, 0.717) is 0 Å². The lowest BCUT2D eigenvalue weighted by Crippen LogP contribution is -2.41. The van der Waals surface area contributed by atoms with Crippen LogP contribution in [0.5, 0.6) is 5.75 Å². The second-order valence-electron chi connectivity index (χ2n) is 4.34. The maximum Gasteiger partial charge on any atom is 0.405 e. The molecule has 0 heterocycles. The summed E-state index contributed by atoms with van der Waals surface area (Å²) in [5.41, 5.74) is 0. The molecule has 1 N–H and O–H groups in total. The van der Waals surface area contributed by atoms with Gasteiger partial charge in [-0.25, -0.2) is 8.42 Å². The van der Waals surface area contributed by atoms with Crippen molar-refractivity contribution < 1.29 is 31.1 Å². The highest BCUT2D eigenvalue weighted by atomic mass is 32.2. The van der Waals surface area contributed by atoms with E-state index < -0.39 is 34.6 Å². The maximum absolute atomic E-state index is 12.0. The number of ether oxygens (including phenoxy) is 1. The van der Waals surface area contributed by atoms with Gasteiger partial charge in [0.25, 0.3) is 5.91 Å². The first-order valence-electron chi connectivity index (χ1n) is 5.80. The zero-order valence-electron chi connectivity index (χ0n) is 11.3. The van der Waals surface area contributed by atoms with Gasteiger partial charge in [0.1, 0.15) is 12.3 Å². The summed E-state index contributed by atoms with van der Waals surface area (Å²) in [6.07, 6.45) is -4.60. The number of amides is 1. The summed E-state index contributed by atoms with van der Waals surface area (Å²) in [4.78, 5) is 11.5. The van der Waals surface area contributed by atoms with Gasteiger partial charge in [-0.1, -0.05) is 0 Å². The third kappa shape index (κ3) is 6.03. The Morgan fingerprint density at radius 1 is 1.29 bits per heavy atom. The fourth-order valence-electron chi connectivity index (χ4n) is 1.35. The Labute approximate surface area is 120 Å². The standard InChI is InChI=1S/C12H14F3NO4S/c1-8(11(17)16-7-12(13,14)15)20-9-3-5-10(6-4-9)21(2,18)19/h3-6,8H,7H2,1-2H3,(H,16,17)/t8-/m1/s1. The molecule has 0 saturated heterocycles. The van der Waals surface area contributed by atoms with E-state index in [2.05, 4.69) is 0 Å². The number of sulfone groups is 1. The van der Waals surface area contributed by atoms with Crippen molar-refractivity contribution in [3.8, 4) is 5.75 Å². The molecule has 0 radical (unpaired) electrons. The SMILES string of the molecule is C[C@@H](Oc1ccc(S(C)(=O)=O)cc1)C(=O)NCC(F)(F)F. The third-order valence-corrected chi connectivity index (χ3v) is 3.53. The molecular weight excluding hydrogens is 311 g/mol. The van der Waals surface area contributed by atoms with Crippen molar-refractivity contribution in [2.24, 2.45) is 0 Å². The molecule has 1 aromatic carbocycles. The molecule has 0 aromatic heterocycles. The van der Waals surface area contributed by atoms with Crippen LogP contribution in [0.4, 0.5) is 13.2 Å². The number of carbonyl (C=O) groups is 1. The molecule has 0 aliphatic heterocycles. The number of nitrogens with one attached hydrogen (secondary N) is 1. The highest BCUT2D eigenvalue weighted by Crippen LogP contribution is 2.17. The Morgan fingerprint density at radius 2 is 1.81 bits per heavy atom. The quantitative estimate of drug-likeness (QED) is 0.891. The molecule has 1 atom stereocenters. The number of hydrogen-bond donors (Lipinski definition) is 1. The van der Waals surface area contributed by atoms with Gasteiger partial charge < -0.3 is 10.1 Å². The van der Waals surface area contributed by atoms with E-state index in [-0.39, 0.29) is 10.6 Å². The number of halogens is 3. The van der Waals surface area contributed by atoms with Gasteiger partial charge in [-0.3, -0.25) is 4.79 Å². The Kier molecular flexibility index (Phi) is 5.21. The molecule has 0 saturated carbocycles. The first-order chi connectivity index (χ1) is 9.49. The van der Waals surface area contributed by atoms with Crippen molar-refractivity contribution in [1.29, 1.82) is 0 Å². The first kappa shape index (κ1) is 17.3. The molecule has 0 aliphatic carbocycles. The van der Waals surface area contributed by atoms with Crippen LogP contribution in [0, 0.1) is 0 Å². The molecule has 1 rings (SSSR count). The van der Waals surface area contributed by atoms with Crippen LogP contribution in [0.25, 0.3) is 0 Å². The average molecular weight is 325 g/mol. The smallest absolute Gasteiger partial charge is 0.405 e. The summed E-state index contributed by atoms with van der Waals surface area (Å²) in [6, 6.07) is 5.21. The minimum absolute atomic E-state index is 0.0732. The number of benzene rings is 1. The van der Waals surface area contributed by atoms with Gasteiger partial charge in [0, 0.05) is 6.26 Å². The van der Waals surface area contributed by atoms with Crippen LogP contribution in [0.1, 0.15) is 6.92 Å². The summed E-state index contributed by atoms with van der Waals surface area (Å²) in [6.45, 7) is -0.150. The minimum Gasteiger partial charge on any atom is -0.481 e. The van der Waals surface area contributed by atoms with Gasteiger partial charge in [0.15, 0.2) is 15.9 Å². The predicted octanol–water partition coefficient (Wildman–Crippen LogP) is 1.54. The molecule has 1 aromatic rings. The van der Waals surface area contributed by atoms with Gasteiger partial charge in [-0.2, -0.15) is 13.2 Å². The van der Waals surface area contributed by atoms with E-state index in [1.54, 1.807) is 5.32 Å². The highest BCUT2D eigenvalue weighted by molar-refractivity contribution is 7.90. The number of alkyl halides is 3. The average Bonchev–Trinajstić information content (AvgIpc) is 2.34. The van der Waals surface area contributed by atoms with E-state index in [0.717, 1.165) is 6.26 Å². The van der Waals surface area contributed by atoms with Gasteiger partial charge >= 0.3 is 6.18 Å². The number of carbonyl (C=O) groups excluding carboxylic acids is 1. The van der Waals surface area contributed by atoms with E-state index >= 15 is 0 Å². The second-order valence-corrected chi connectivity index (χ2v) is 6.35. The molecule has 5 nitrogen and oxygen atoms in total. The molecule has 0 fully saturated rings. The Morgan fingerprint density at radius 3 is 2.24 bits per heavy atom. The Hall–Kier alpha value is -1.77. The van der Waals surface area contributed by atoms with E-state index in [9.17, 15) is 26.4 Å². The van der Waals surface area contributed by atoms with Crippen molar-refractivity contribution in [2.45, 2.75) is 24.1 Å². The van der Waals surface area contributed by atoms with Gasteiger partial charge in [0.2, 0.25) is 0 Å². The van der Waals surface area contributed by atoms with Crippen molar-refractivity contribution in [2.75, 3.05) is 12.8 Å². The first-order valence-corrected chi connectivity index (χ1v) is 7.69. The zero-order valence-corrected chi connectivity index (χ0v) is 12.1. The molecule has 9 heteroatoms. The van der Waals surface area contributed by atoms with Crippen molar-refractivity contribution >= 4 is 15.7 Å². The molecule has 0 aliphatic rings. The normalized spacial score (nSPS) is 13.6. The Bertz CT molecular complexity index is 596. The van der Waals surface area contributed by atoms with Crippen LogP contribution in [0.3, 0.4) is 0 Å². The van der Waals surface area contributed by atoms with Crippen molar-refractivity contribution in [3.63, 3.8) is 0 Å². The van der Waals surface area contributed by atoms with Gasteiger partial charge in [-0.05, 0) is 31.2 Å². The monoisotopic (exact) mass is 325 g/mol. The zero-order chi connectivity index (χ0) is 16.3. The topological polar surface area (TPSA) is 72.5 Å².